The average molecular weight is 228 g/mol. The van der Waals surface area contributed by atoms with E-state index in [1.54, 1.807) is 6.92 Å². The Bertz CT molecular complexity index is 387. The lowest BCUT2D eigenvalue weighted by atomic mass is 10.3. The van der Waals surface area contributed by atoms with Gasteiger partial charge in [0.05, 0.1) is 6.61 Å². The Balaban J connectivity index is 2.82. The van der Waals surface area contributed by atoms with Crippen molar-refractivity contribution >= 4 is 11.9 Å². The Morgan fingerprint density at radius 2 is 2.25 bits per heavy atom. The van der Waals surface area contributed by atoms with E-state index in [1.165, 1.54) is 4.90 Å². The van der Waals surface area contributed by atoms with Gasteiger partial charge in [0.15, 0.2) is 5.69 Å². The van der Waals surface area contributed by atoms with Gasteiger partial charge in [0.1, 0.15) is 0 Å². The van der Waals surface area contributed by atoms with Gasteiger partial charge < -0.3 is 19.6 Å². The molecular formula is C9H12N2O5. The fourth-order valence-electron chi connectivity index (χ4n) is 1.16. The Labute approximate surface area is 91.3 Å². The lowest BCUT2D eigenvalue weighted by Gasteiger charge is -2.17. The van der Waals surface area contributed by atoms with Crippen LogP contribution >= 0.6 is 0 Å². The van der Waals surface area contributed by atoms with Gasteiger partial charge in [-0.2, -0.15) is 0 Å². The standard InChI is InChI=1S/C9H12N2O5/c1-2-11(3-4-12)8(13)6-5-7(9(14)15)16-10-6/h5,12H,2-4H2,1H3,(H,14,15). The van der Waals surface area contributed by atoms with Crippen LogP contribution in [-0.4, -0.2) is 51.8 Å². The van der Waals surface area contributed by atoms with Crippen molar-refractivity contribution in [3.63, 3.8) is 0 Å². The summed E-state index contributed by atoms with van der Waals surface area (Å²) in [5, 5.41) is 20.7. The van der Waals surface area contributed by atoms with Crippen molar-refractivity contribution in [1.82, 2.24) is 10.1 Å². The quantitative estimate of drug-likeness (QED) is 0.724. The molecule has 0 saturated heterocycles. The maximum atomic E-state index is 11.7. The van der Waals surface area contributed by atoms with Crippen molar-refractivity contribution in [2.45, 2.75) is 6.92 Å². The van der Waals surface area contributed by atoms with Gasteiger partial charge in [-0.15, -0.1) is 0 Å². The summed E-state index contributed by atoms with van der Waals surface area (Å²) in [4.78, 5) is 23.5. The number of aromatic nitrogens is 1. The average Bonchev–Trinajstić information content (AvgIpc) is 2.74. The van der Waals surface area contributed by atoms with Gasteiger partial charge in [0.2, 0.25) is 5.76 Å². The van der Waals surface area contributed by atoms with Crippen molar-refractivity contribution in [1.29, 1.82) is 0 Å². The van der Waals surface area contributed by atoms with E-state index < -0.39 is 11.9 Å². The summed E-state index contributed by atoms with van der Waals surface area (Å²) in [6, 6.07) is 1.06. The molecule has 0 aliphatic heterocycles. The van der Waals surface area contributed by atoms with Crippen LogP contribution in [0.5, 0.6) is 0 Å². The molecule has 0 aliphatic carbocycles. The van der Waals surface area contributed by atoms with Crippen LogP contribution in [-0.2, 0) is 0 Å². The summed E-state index contributed by atoms with van der Waals surface area (Å²) in [5.74, 6) is -2.13. The lowest BCUT2D eigenvalue weighted by molar-refractivity contribution is 0.0647. The predicted octanol–water partition coefficient (Wildman–Crippen LogP) is -0.173. The molecule has 0 bridgehead atoms. The van der Waals surface area contributed by atoms with Crippen LogP contribution in [0, 0.1) is 0 Å². The zero-order valence-electron chi connectivity index (χ0n) is 8.71. The molecule has 1 amide bonds. The molecule has 1 heterocycles. The van der Waals surface area contributed by atoms with Gasteiger partial charge in [0, 0.05) is 19.2 Å². The topological polar surface area (TPSA) is 104 Å². The van der Waals surface area contributed by atoms with Crippen molar-refractivity contribution < 1.29 is 24.3 Å². The highest BCUT2D eigenvalue weighted by Crippen LogP contribution is 2.06. The van der Waals surface area contributed by atoms with E-state index in [9.17, 15) is 9.59 Å². The molecule has 1 rings (SSSR count). The smallest absolute Gasteiger partial charge is 0.374 e. The Morgan fingerprint density at radius 3 is 2.69 bits per heavy atom. The number of hydrogen-bond donors (Lipinski definition) is 2. The Morgan fingerprint density at radius 1 is 1.56 bits per heavy atom. The van der Waals surface area contributed by atoms with E-state index >= 15 is 0 Å². The summed E-state index contributed by atoms with van der Waals surface area (Å²) in [7, 11) is 0. The first kappa shape index (κ1) is 12.2. The third-order valence-electron chi connectivity index (χ3n) is 1.98. The lowest BCUT2D eigenvalue weighted by Crippen LogP contribution is -2.33. The number of aliphatic hydroxyl groups excluding tert-OH is 1. The van der Waals surface area contributed by atoms with Gasteiger partial charge in [-0.25, -0.2) is 4.79 Å². The Kier molecular flexibility index (Phi) is 4.01. The molecular weight excluding hydrogens is 216 g/mol. The molecule has 16 heavy (non-hydrogen) atoms. The largest absolute Gasteiger partial charge is 0.475 e. The molecule has 0 fully saturated rings. The number of hydrogen-bond acceptors (Lipinski definition) is 5. The van der Waals surface area contributed by atoms with Crippen molar-refractivity contribution in [3.05, 3.63) is 17.5 Å². The van der Waals surface area contributed by atoms with E-state index in [-0.39, 0.29) is 24.6 Å². The van der Waals surface area contributed by atoms with Crippen molar-refractivity contribution in [2.75, 3.05) is 19.7 Å². The van der Waals surface area contributed by atoms with Crippen LogP contribution in [0.25, 0.3) is 0 Å². The highest BCUT2D eigenvalue weighted by Gasteiger charge is 2.20. The second kappa shape index (κ2) is 5.26. The van der Waals surface area contributed by atoms with E-state index in [2.05, 4.69) is 9.68 Å². The fraction of sp³-hybridized carbons (Fsp3) is 0.444. The molecule has 7 nitrogen and oxygen atoms in total. The van der Waals surface area contributed by atoms with Crippen LogP contribution in [0.3, 0.4) is 0 Å². The Hall–Kier alpha value is -1.89. The van der Waals surface area contributed by atoms with Crippen LogP contribution in [0.1, 0.15) is 28.0 Å². The van der Waals surface area contributed by atoms with Crippen LogP contribution in [0.4, 0.5) is 0 Å². The number of aromatic carboxylic acids is 1. The number of nitrogens with zero attached hydrogens (tertiary/aromatic N) is 2. The number of likely N-dealkylation sites (N-methyl/N-ethyl adjacent to an activating group) is 1. The molecule has 7 heteroatoms. The third kappa shape index (κ3) is 2.57. The molecule has 0 radical (unpaired) electrons. The van der Waals surface area contributed by atoms with E-state index in [4.69, 9.17) is 10.2 Å². The van der Waals surface area contributed by atoms with E-state index in [0.717, 1.165) is 6.07 Å². The highest BCUT2D eigenvalue weighted by molar-refractivity contribution is 5.94. The second-order valence-electron chi connectivity index (χ2n) is 2.99. The predicted molar refractivity (Wildman–Crippen MR) is 52.1 cm³/mol. The normalized spacial score (nSPS) is 10.1. The van der Waals surface area contributed by atoms with Crippen molar-refractivity contribution in [3.8, 4) is 0 Å². The molecule has 0 aliphatic rings. The monoisotopic (exact) mass is 228 g/mol. The summed E-state index contributed by atoms with van der Waals surface area (Å²) in [6.07, 6.45) is 0. The van der Waals surface area contributed by atoms with Crippen molar-refractivity contribution in [2.24, 2.45) is 0 Å². The molecule has 88 valence electrons. The SMILES string of the molecule is CCN(CCO)C(=O)c1cc(C(=O)O)on1. The zero-order chi connectivity index (χ0) is 12.1. The molecule has 2 N–H and O–H groups in total. The van der Waals surface area contributed by atoms with Crippen LogP contribution in [0.15, 0.2) is 10.6 Å². The molecule has 0 saturated carbocycles. The minimum Gasteiger partial charge on any atom is -0.475 e. The van der Waals surface area contributed by atoms with E-state index in [0.29, 0.717) is 6.54 Å². The highest BCUT2D eigenvalue weighted by atomic mass is 16.5. The third-order valence-corrected chi connectivity index (χ3v) is 1.98. The first-order valence-corrected chi connectivity index (χ1v) is 4.70. The number of carbonyl (C=O) groups is 2. The van der Waals surface area contributed by atoms with Gasteiger partial charge in [0.25, 0.3) is 5.91 Å². The van der Waals surface area contributed by atoms with E-state index in [1.807, 2.05) is 0 Å². The van der Waals surface area contributed by atoms with Crippen LogP contribution < -0.4 is 0 Å². The summed E-state index contributed by atoms with van der Waals surface area (Å²) in [5.41, 5.74) is -0.0762. The number of amides is 1. The minimum atomic E-state index is -1.28. The summed E-state index contributed by atoms with van der Waals surface area (Å²) >= 11 is 0. The molecule has 0 aromatic carbocycles. The number of carboxylic acid groups (broad SMARTS) is 1. The number of aliphatic hydroxyl groups is 1. The molecule has 0 atom stereocenters. The maximum Gasteiger partial charge on any atom is 0.374 e. The zero-order valence-corrected chi connectivity index (χ0v) is 8.71. The van der Waals surface area contributed by atoms with Crippen LogP contribution in [0.2, 0.25) is 0 Å². The maximum absolute atomic E-state index is 11.7. The number of carboxylic acids is 1. The summed E-state index contributed by atoms with van der Waals surface area (Å²) < 4.78 is 4.46. The molecule has 1 aromatic heterocycles. The fourth-order valence-corrected chi connectivity index (χ4v) is 1.16. The molecule has 0 spiro atoms. The molecule has 0 unspecified atom stereocenters. The van der Waals surface area contributed by atoms with Gasteiger partial charge >= 0.3 is 5.97 Å². The second-order valence-corrected chi connectivity index (χ2v) is 2.99. The summed E-state index contributed by atoms with van der Waals surface area (Å²) in [6.45, 7) is 2.15. The first-order valence-electron chi connectivity index (χ1n) is 4.70. The van der Waals surface area contributed by atoms with Gasteiger partial charge in [-0.1, -0.05) is 5.16 Å². The number of carbonyl (C=O) groups excluding carboxylic acids is 1. The minimum absolute atomic E-state index is 0.0762. The van der Waals surface area contributed by atoms with Gasteiger partial charge in [-0.05, 0) is 6.92 Å². The molecule has 1 aromatic rings. The first-order chi connectivity index (χ1) is 7.60. The number of rotatable bonds is 5. The van der Waals surface area contributed by atoms with Gasteiger partial charge in [-0.3, -0.25) is 4.79 Å².